The van der Waals surface area contributed by atoms with Gasteiger partial charge in [-0.2, -0.15) is 0 Å². The fourth-order valence-corrected chi connectivity index (χ4v) is 9.24. The van der Waals surface area contributed by atoms with E-state index < -0.39 is 34.4 Å². The van der Waals surface area contributed by atoms with E-state index >= 15 is 0 Å². The van der Waals surface area contributed by atoms with Crippen molar-refractivity contribution < 1.29 is 27.2 Å². The van der Waals surface area contributed by atoms with Gasteiger partial charge in [-0.1, -0.05) is 66.7 Å². The number of halogens is 4. The molecule has 4 aromatic carbocycles. The highest BCUT2D eigenvalue weighted by atomic mass is 19.2. The standard InChI is InChI=1S/C24H20F2N2O2.C23H18F2N2O2/c1-13-4-2-3-5-16(13)17-8-14-9-21(17)28(12-14)22(29)11-15-10-18-20(27-24(15)30)7-6-19(25)23(18)26;24-18-6-7-19-17(22(18)25)10-15(23(29)26-19)11-21(28)27-12-13-8-16(20(27)9-13)14-4-2-1-3-5-14/h2-8,10,14,21H,9,11-12H2,1H3,(H,27,30);1-8,10,13,20H,9,11-12H2,(H,26,29). The van der Waals surface area contributed by atoms with Gasteiger partial charge in [-0.05, 0) is 95.8 Å². The molecule has 2 N–H and O–H groups in total. The van der Waals surface area contributed by atoms with E-state index in [1.165, 1.54) is 24.3 Å². The number of fused-ring (bicyclic) bond motifs is 6. The number of rotatable bonds is 6. The number of aromatic nitrogens is 2. The summed E-state index contributed by atoms with van der Waals surface area (Å²) < 4.78 is 55.4. The Morgan fingerprint density at radius 2 is 1.10 bits per heavy atom. The molecule has 2 aliphatic heterocycles. The number of carbonyl (C=O) groups is 2. The van der Waals surface area contributed by atoms with Crippen LogP contribution in [0.2, 0.25) is 0 Å². The minimum absolute atomic E-state index is 0.0105. The van der Waals surface area contributed by atoms with E-state index in [0.717, 1.165) is 52.8 Å². The highest BCUT2D eigenvalue weighted by Gasteiger charge is 2.43. The molecule has 4 atom stereocenters. The first-order chi connectivity index (χ1) is 28.4. The number of aromatic amines is 2. The lowest BCUT2D eigenvalue weighted by atomic mass is 9.95. The van der Waals surface area contributed by atoms with Crippen LogP contribution in [0, 0.1) is 42.0 Å². The molecule has 2 fully saturated rings. The number of pyridine rings is 2. The Morgan fingerprint density at radius 1 is 0.627 bits per heavy atom. The lowest BCUT2D eigenvalue weighted by Crippen LogP contribution is -2.39. The average molecular weight is 799 g/mol. The number of H-pyrrole nitrogens is 2. The van der Waals surface area contributed by atoms with Gasteiger partial charge >= 0.3 is 0 Å². The Bertz CT molecular complexity index is 2890. The fourth-order valence-electron chi connectivity index (χ4n) is 9.24. The minimum atomic E-state index is -1.03. The highest BCUT2D eigenvalue weighted by Crippen LogP contribution is 2.43. The van der Waals surface area contributed by atoms with Crippen molar-refractivity contribution >= 4 is 44.8 Å². The molecule has 4 unspecified atom stereocenters. The molecule has 298 valence electrons. The van der Waals surface area contributed by atoms with E-state index in [2.05, 4.69) is 41.2 Å². The van der Waals surface area contributed by atoms with Gasteiger partial charge in [0.25, 0.3) is 11.1 Å². The second-order valence-electron chi connectivity index (χ2n) is 15.8. The van der Waals surface area contributed by atoms with Crippen molar-refractivity contribution in [2.24, 2.45) is 11.8 Å². The van der Waals surface area contributed by atoms with Crippen molar-refractivity contribution in [1.29, 1.82) is 0 Å². The van der Waals surface area contributed by atoms with Crippen LogP contribution in [0.1, 0.15) is 40.7 Å². The summed E-state index contributed by atoms with van der Waals surface area (Å²) in [5, 5.41) is -0.0546. The zero-order chi connectivity index (χ0) is 41.1. The highest BCUT2D eigenvalue weighted by molar-refractivity contribution is 5.88. The van der Waals surface area contributed by atoms with Crippen molar-refractivity contribution in [3.05, 3.63) is 175 Å². The molecule has 10 rings (SSSR count). The van der Waals surface area contributed by atoms with Crippen molar-refractivity contribution in [2.45, 2.75) is 44.7 Å². The molecule has 8 nitrogen and oxygen atoms in total. The maximum atomic E-state index is 14.1. The lowest BCUT2D eigenvalue weighted by molar-refractivity contribution is -0.131. The van der Waals surface area contributed by atoms with Gasteiger partial charge < -0.3 is 19.8 Å². The van der Waals surface area contributed by atoms with E-state index in [0.29, 0.717) is 24.9 Å². The largest absolute Gasteiger partial charge is 0.335 e. The summed E-state index contributed by atoms with van der Waals surface area (Å²) in [6.07, 6.45) is 5.94. The molecular formula is C47H38F4N4O4. The molecule has 4 aliphatic rings. The minimum Gasteiger partial charge on any atom is -0.335 e. The van der Waals surface area contributed by atoms with Crippen molar-refractivity contribution in [2.75, 3.05) is 13.1 Å². The predicted molar refractivity (Wildman–Crippen MR) is 217 cm³/mol. The zero-order valence-electron chi connectivity index (χ0n) is 31.9. The molecule has 12 heteroatoms. The van der Waals surface area contributed by atoms with E-state index in [-0.39, 0.29) is 69.7 Å². The second-order valence-corrected chi connectivity index (χ2v) is 15.8. The molecule has 4 heterocycles. The average Bonchev–Trinajstić information content (AvgIpc) is 4.05. The Hall–Kier alpha value is -6.56. The zero-order valence-corrected chi connectivity index (χ0v) is 31.9. The summed E-state index contributed by atoms with van der Waals surface area (Å²) in [5.41, 5.74) is 5.46. The van der Waals surface area contributed by atoms with Crippen molar-refractivity contribution in [3.8, 4) is 0 Å². The Kier molecular flexibility index (Phi) is 9.65. The first-order valence-corrected chi connectivity index (χ1v) is 19.6. The van der Waals surface area contributed by atoms with Gasteiger partial charge in [-0.3, -0.25) is 19.2 Å². The van der Waals surface area contributed by atoms with Crippen LogP contribution < -0.4 is 11.1 Å². The normalized spacial score (nSPS) is 20.2. The van der Waals surface area contributed by atoms with Crippen LogP contribution in [0.3, 0.4) is 0 Å². The molecular weight excluding hydrogens is 761 g/mol. The summed E-state index contributed by atoms with van der Waals surface area (Å²) >= 11 is 0. The van der Waals surface area contributed by atoms with E-state index in [4.69, 9.17) is 0 Å². The first kappa shape index (κ1) is 38.0. The van der Waals surface area contributed by atoms with E-state index in [1.54, 1.807) is 4.90 Å². The summed E-state index contributed by atoms with van der Waals surface area (Å²) in [4.78, 5) is 59.6. The SMILES string of the molecule is Cc1ccccc1C1=CC2CC1N(C(=O)Cc1cc3c(F)c(F)ccc3[nH]c1=O)C2.O=C(Cc1cc2c(F)c(F)ccc2[nH]c1=O)N1CC2C=C(c3ccccc3)C1C2. The maximum Gasteiger partial charge on any atom is 0.252 e. The summed E-state index contributed by atoms with van der Waals surface area (Å²) in [6.45, 7) is 3.29. The molecule has 2 aromatic heterocycles. The Balaban J connectivity index is 0.000000152. The van der Waals surface area contributed by atoms with E-state index in [9.17, 15) is 36.7 Å². The third-order valence-electron chi connectivity index (χ3n) is 12.1. The van der Waals surface area contributed by atoms with Crippen LogP contribution in [0.4, 0.5) is 17.6 Å². The van der Waals surface area contributed by atoms with Crippen LogP contribution in [0.15, 0.2) is 113 Å². The number of aryl methyl sites for hydroxylation is 1. The molecule has 2 saturated heterocycles. The maximum absolute atomic E-state index is 14.1. The van der Waals surface area contributed by atoms with Gasteiger partial charge in [0.1, 0.15) is 0 Å². The number of likely N-dealkylation sites (tertiary alicyclic amines) is 2. The molecule has 0 spiro atoms. The number of benzene rings is 4. The van der Waals surface area contributed by atoms with Crippen LogP contribution >= 0.6 is 0 Å². The number of amides is 2. The van der Waals surface area contributed by atoms with Crippen molar-refractivity contribution in [1.82, 2.24) is 19.8 Å². The summed E-state index contributed by atoms with van der Waals surface area (Å²) in [6, 6.07) is 25.2. The molecule has 4 bridgehead atoms. The van der Waals surface area contributed by atoms with Crippen LogP contribution in [0.25, 0.3) is 33.0 Å². The predicted octanol–water partition coefficient (Wildman–Crippen LogP) is 7.63. The van der Waals surface area contributed by atoms with Gasteiger partial charge in [0.2, 0.25) is 11.8 Å². The first-order valence-electron chi connectivity index (χ1n) is 19.6. The molecule has 2 aliphatic carbocycles. The molecule has 59 heavy (non-hydrogen) atoms. The third-order valence-corrected chi connectivity index (χ3v) is 12.1. The molecule has 6 aromatic rings. The van der Waals surface area contributed by atoms with Gasteiger partial charge in [-0.15, -0.1) is 0 Å². The Morgan fingerprint density at radius 3 is 1.61 bits per heavy atom. The number of nitrogens with zero attached hydrogens (tertiary/aromatic N) is 2. The second kappa shape index (κ2) is 15.0. The fraction of sp³-hybridized carbons (Fsp3) is 0.234. The van der Waals surface area contributed by atoms with Crippen LogP contribution in [-0.2, 0) is 22.4 Å². The Labute approximate surface area is 335 Å². The molecule has 2 amide bonds. The summed E-state index contributed by atoms with van der Waals surface area (Å²) in [7, 11) is 0. The number of hydrogen-bond acceptors (Lipinski definition) is 4. The van der Waals surface area contributed by atoms with Gasteiger partial charge in [0, 0.05) is 35.0 Å². The number of nitrogens with one attached hydrogen (secondary N) is 2. The van der Waals surface area contributed by atoms with Crippen LogP contribution in [0.5, 0.6) is 0 Å². The van der Waals surface area contributed by atoms with Crippen LogP contribution in [-0.4, -0.2) is 56.8 Å². The van der Waals surface area contributed by atoms with Gasteiger partial charge in [0.05, 0.1) is 36.0 Å². The monoisotopic (exact) mass is 798 g/mol. The van der Waals surface area contributed by atoms with Gasteiger partial charge in [-0.25, -0.2) is 17.6 Å². The quantitative estimate of drug-likeness (QED) is 0.169. The lowest BCUT2D eigenvalue weighted by Gasteiger charge is -2.29. The van der Waals surface area contributed by atoms with Crippen molar-refractivity contribution in [3.63, 3.8) is 0 Å². The smallest absolute Gasteiger partial charge is 0.252 e. The third kappa shape index (κ3) is 6.96. The number of carbonyl (C=O) groups excluding carboxylic acids is 2. The molecule has 0 radical (unpaired) electrons. The number of hydrogen-bond donors (Lipinski definition) is 2. The topological polar surface area (TPSA) is 106 Å². The summed E-state index contributed by atoms with van der Waals surface area (Å²) in [5.74, 6) is -3.78. The van der Waals surface area contributed by atoms with Gasteiger partial charge in [0.15, 0.2) is 23.3 Å². The van der Waals surface area contributed by atoms with E-state index in [1.807, 2.05) is 47.4 Å². The molecule has 0 saturated carbocycles.